The van der Waals surface area contributed by atoms with E-state index < -0.39 is 0 Å². The van der Waals surface area contributed by atoms with E-state index in [1.807, 2.05) is 6.07 Å². The molecule has 0 radical (unpaired) electrons. The summed E-state index contributed by atoms with van der Waals surface area (Å²) in [6, 6.07) is 14.1. The summed E-state index contributed by atoms with van der Waals surface area (Å²) in [5, 5.41) is 22.6. The summed E-state index contributed by atoms with van der Waals surface area (Å²) in [5.74, 6) is 0.380. The van der Waals surface area contributed by atoms with Crippen LogP contribution in [0.1, 0.15) is 11.1 Å². The highest BCUT2D eigenvalue weighted by atomic mass is 35.5. The van der Waals surface area contributed by atoms with Gasteiger partial charge in [-0.15, -0.1) is 0 Å². The Kier molecular flexibility index (Phi) is 5.42. The van der Waals surface area contributed by atoms with Gasteiger partial charge in [0.15, 0.2) is 0 Å². The molecule has 1 aromatic heterocycles. The number of anilines is 1. The quantitative estimate of drug-likeness (QED) is 0.620. The highest BCUT2D eigenvalue weighted by Crippen LogP contribution is 2.23. The van der Waals surface area contributed by atoms with Crippen molar-refractivity contribution in [3.63, 3.8) is 0 Å². The molecule has 0 fully saturated rings. The maximum absolute atomic E-state index is 12.2. The summed E-state index contributed by atoms with van der Waals surface area (Å²) < 4.78 is 5.37. The van der Waals surface area contributed by atoms with Gasteiger partial charge in [0.2, 0.25) is 0 Å². The number of hydrogen-bond donors (Lipinski definition) is 3. The molecule has 2 aromatic carbocycles. The zero-order valence-electron chi connectivity index (χ0n) is 13.8. The van der Waals surface area contributed by atoms with Gasteiger partial charge in [-0.2, -0.15) is 5.26 Å². The first-order valence-electron chi connectivity index (χ1n) is 7.94. The third-order valence-corrected chi connectivity index (χ3v) is 4.05. The number of nitrogens with one attached hydrogen (secondary N) is 2. The minimum Gasteiger partial charge on any atom is -0.490 e. The number of H-pyrrole nitrogens is 1. The molecule has 132 valence electrons. The van der Waals surface area contributed by atoms with Crippen LogP contribution in [0.4, 0.5) is 5.69 Å². The lowest BCUT2D eigenvalue weighted by atomic mass is 10.1. The average Bonchev–Trinajstić information content (AvgIpc) is 2.65. The van der Waals surface area contributed by atoms with Crippen LogP contribution in [-0.4, -0.2) is 23.3 Å². The minimum absolute atomic E-state index is 0.100. The Morgan fingerprint density at radius 1 is 1.23 bits per heavy atom. The van der Waals surface area contributed by atoms with Gasteiger partial charge >= 0.3 is 0 Å². The van der Waals surface area contributed by atoms with Crippen molar-refractivity contribution in [1.82, 2.24) is 4.98 Å². The average molecular weight is 370 g/mol. The molecule has 0 atom stereocenters. The number of ether oxygens (including phenoxy) is 1. The zero-order valence-corrected chi connectivity index (χ0v) is 14.5. The van der Waals surface area contributed by atoms with Crippen molar-refractivity contribution in [2.24, 2.45) is 0 Å². The van der Waals surface area contributed by atoms with Crippen LogP contribution < -0.4 is 15.6 Å². The van der Waals surface area contributed by atoms with Crippen LogP contribution in [0.5, 0.6) is 5.75 Å². The Balaban J connectivity index is 1.82. The predicted molar refractivity (Wildman–Crippen MR) is 101 cm³/mol. The number of nitriles is 1. The van der Waals surface area contributed by atoms with E-state index in [2.05, 4.69) is 10.3 Å². The SMILES string of the molecule is N#Cc1ccc(NCc2cc3cc(Cl)ccc3[nH]c2=O)cc1OCCO. The van der Waals surface area contributed by atoms with Crippen LogP contribution in [0.2, 0.25) is 5.02 Å². The predicted octanol–water partition coefficient (Wildman–Crippen LogP) is 3.04. The third kappa shape index (κ3) is 3.97. The lowest BCUT2D eigenvalue weighted by Gasteiger charge is -2.11. The molecule has 6 nitrogen and oxygen atoms in total. The maximum atomic E-state index is 12.2. The molecular weight excluding hydrogens is 354 g/mol. The van der Waals surface area contributed by atoms with E-state index in [0.717, 1.165) is 10.9 Å². The molecular formula is C19H16ClN3O3. The topological polar surface area (TPSA) is 98.1 Å². The van der Waals surface area contributed by atoms with Crippen LogP contribution in [0.3, 0.4) is 0 Å². The number of halogens is 1. The van der Waals surface area contributed by atoms with Gasteiger partial charge in [0.05, 0.1) is 12.2 Å². The monoisotopic (exact) mass is 369 g/mol. The second-order valence-electron chi connectivity index (χ2n) is 5.60. The molecule has 0 aliphatic heterocycles. The molecule has 26 heavy (non-hydrogen) atoms. The van der Waals surface area contributed by atoms with Gasteiger partial charge in [-0.3, -0.25) is 4.79 Å². The number of aliphatic hydroxyl groups excluding tert-OH is 1. The summed E-state index contributed by atoms with van der Waals surface area (Å²) in [4.78, 5) is 15.1. The number of benzene rings is 2. The van der Waals surface area contributed by atoms with Crippen molar-refractivity contribution in [3.8, 4) is 11.8 Å². The number of aromatic amines is 1. The van der Waals surface area contributed by atoms with Crippen molar-refractivity contribution >= 4 is 28.2 Å². The molecule has 0 saturated carbocycles. The van der Waals surface area contributed by atoms with Crippen LogP contribution in [0.15, 0.2) is 47.3 Å². The number of nitrogens with zero attached hydrogens (tertiary/aromatic N) is 1. The fourth-order valence-electron chi connectivity index (χ4n) is 2.55. The van der Waals surface area contributed by atoms with Gasteiger partial charge in [-0.05, 0) is 36.4 Å². The standard InChI is InChI=1S/C19H16ClN3O3/c20-15-2-4-17-13(8-15)7-14(19(25)23-17)11-22-16-3-1-12(10-21)18(9-16)26-6-5-24/h1-4,7-9,22,24H,5-6,11H2,(H,23,25). The van der Waals surface area contributed by atoms with Crippen molar-refractivity contribution in [2.75, 3.05) is 18.5 Å². The molecule has 3 N–H and O–H groups in total. The normalized spacial score (nSPS) is 10.5. The smallest absolute Gasteiger partial charge is 0.253 e. The molecule has 7 heteroatoms. The van der Waals surface area contributed by atoms with E-state index in [4.69, 9.17) is 26.7 Å². The Morgan fingerprint density at radius 2 is 2.08 bits per heavy atom. The van der Waals surface area contributed by atoms with Crippen molar-refractivity contribution in [1.29, 1.82) is 5.26 Å². The third-order valence-electron chi connectivity index (χ3n) is 3.82. The van der Waals surface area contributed by atoms with E-state index >= 15 is 0 Å². The first kappa shape index (κ1) is 17.8. The van der Waals surface area contributed by atoms with E-state index in [0.29, 0.717) is 34.1 Å². The number of pyridine rings is 1. The van der Waals surface area contributed by atoms with Gasteiger partial charge in [-0.1, -0.05) is 11.6 Å². The largest absolute Gasteiger partial charge is 0.490 e. The highest BCUT2D eigenvalue weighted by molar-refractivity contribution is 6.31. The molecule has 0 saturated heterocycles. The van der Waals surface area contributed by atoms with Crippen molar-refractivity contribution in [2.45, 2.75) is 6.54 Å². The summed E-state index contributed by atoms with van der Waals surface area (Å²) in [5.41, 5.74) is 2.17. The summed E-state index contributed by atoms with van der Waals surface area (Å²) in [7, 11) is 0. The number of aliphatic hydroxyl groups is 1. The van der Waals surface area contributed by atoms with Gasteiger partial charge in [0.1, 0.15) is 18.4 Å². The van der Waals surface area contributed by atoms with Crippen LogP contribution in [0, 0.1) is 11.3 Å². The van der Waals surface area contributed by atoms with Gasteiger partial charge in [0, 0.05) is 39.8 Å². The van der Waals surface area contributed by atoms with Gasteiger partial charge in [-0.25, -0.2) is 0 Å². The molecule has 0 spiro atoms. The van der Waals surface area contributed by atoms with Crippen molar-refractivity contribution in [3.05, 3.63) is 69.0 Å². The summed E-state index contributed by atoms with van der Waals surface area (Å²) in [6.07, 6.45) is 0. The fraction of sp³-hybridized carbons (Fsp3) is 0.158. The Bertz CT molecular complexity index is 1040. The molecule has 0 aliphatic carbocycles. The maximum Gasteiger partial charge on any atom is 0.253 e. The number of hydrogen-bond acceptors (Lipinski definition) is 5. The summed E-state index contributed by atoms with van der Waals surface area (Å²) >= 11 is 6.01. The van der Waals surface area contributed by atoms with E-state index in [9.17, 15) is 4.79 Å². The fourth-order valence-corrected chi connectivity index (χ4v) is 2.73. The molecule has 0 bridgehead atoms. The Hall–Kier alpha value is -3.01. The minimum atomic E-state index is -0.183. The first-order chi connectivity index (χ1) is 12.6. The van der Waals surface area contributed by atoms with Gasteiger partial charge < -0.3 is 20.1 Å². The second kappa shape index (κ2) is 7.91. The number of rotatable bonds is 6. The first-order valence-corrected chi connectivity index (χ1v) is 8.31. The Morgan fingerprint density at radius 3 is 2.85 bits per heavy atom. The number of fused-ring (bicyclic) bond motifs is 1. The van der Waals surface area contributed by atoms with Crippen LogP contribution in [-0.2, 0) is 6.54 Å². The summed E-state index contributed by atoms with van der Waals surface area (Å²) in [6.45, 7) is 0.254. The number of aromatic nitrogens is 1. The molecule has 3 aromatic rings. The molecule has 1 heterocycles. The Labute approximate surface area is 154 Å². The zero-order chi connectivity index (χ0) is 18.5. The van der Waals surface area contributed by atoms with Crippen molar-refractivity contribution < 1.29 is 9.84 Å². The lowest BCUT2D eigenvalue weighted by molar-refractivity contribution is 0.201. The van der Waals surface area contributed by atoms with Crippen LogP contribution in [0.25, 0.3) is 10.9 Å². The molecule has 0 aliphatic rings. The second-order valence-corrected chi connectivity index (χ2v) is 6.04. The van der Waals surface area contributed by atoms with E-state index in [-0.39, 0.29) is 18.8 Å². The van der Waals surface area contributed by atoms with Crippen LogP contribution >= 0.6 is 11.6 Å². The van der Waals surface area contributed by atoms with Gasteiger partial charge in [0.25, 0.3) is 5.56 Å². The van der Waals surface area contributed by atoms with E-state index in [1.54, 1.807) is 42.5 Å². The molecule has 0 unspecified atom stereocenters. The molecule has 3 rings (SSSR count). The molecule has 0 amide bonds. The van der Waals surface area contributed by atoms with E-state index in [1.165, 1.54) is 0 Å². The lowest BCUT2D eigenvalue weighted by Crippen LogP contribution is -2.15. The highest BCUT2D eigenvalue weighted by Gasteiger charge is 2.07.